The maximum Gasteiger partial charge on any atom is 0.272 e. The molecule has 2 heterocycles. The number of fused-ring (bicyclic) bond motifs is 1. The van der Waals surface area contributed by atoms with Crippen LogP contribution in [0, 0.1) is 11.3 Å². The van der Waals surface area contributed by atoms with E-state index in [9.17, 15) is 4.79 Å². The van der Waals surface area contributed by atoms with Crippen molar-refractivity contribution in [1.82, 2.24) is 8.75 Å². The Morgan fingerprint density at radius 2 is 2.56 bits per heavy atom. The van der Waals surface area contributed by atoms with Crippen LogP contribution in [0.15, 0.2) is 14.2 Å². The first-order chi connectivity index (χ1) is 7.77. The Morgan fingerprint density at radius 3 is 3.25 bits per heavy atom. The van der Waals surface area contributed by atoms with Crippen molar-refractivity contribution in [3.8, 4) is 17.5 Å². The predicted molar refractivity (Wildman–Crippen MR) is 60.3 cm³/mol. The Morgan fingerprint density at radius 1 is 1.75 bits per heavy atom. The SMILES string of the molecule is CSC/N=c1/oc2ns[nH]c(=O)c-2c1C#N. The van der Waals surface area contributed by atoms with Crippen molar-refractivity contribution < 1.29 is 4.42 Å². The van der Waals surface area contributed by atoms with Crippen molar-refractivity contribution in [2.45, 2.75) is 0 Å². The van der Waals surface area contributed by atoms with Gasteiger partial charge in [-0.05, 0) is 6.26 Å². The molecule has 0 spiro atoms. The second kappa shape index (κ2) is 4.51. The van der Waals surface area contributed by atoms with Gasteiger partial charge in [0.15, 0.2) is 0 Å². The Labute approximate surface area is 98.3 Å². The largest absolute Gasteiger partial charge is 0.418 e. The number of hydrogen-bond acceptors (Lipinski definition) is 7. The molecular formula is C8H6N4O2S2. The molecule has 6 nitrogen and oxygen atoms in total. The molecule has 0 aliphatic carbocycles. The minimum absolute atomic E-state index is 0.144. The zero-order chi connectivity index (χ0) is 11.5. The van der Waals surface area contributed by atoms with Crippen LogP contribution in [-0.2, 0) is 0 Å². The molecule has 0 saturated carbocycles. The highest BCUT2D eigenvalue weighted by molar-refractivity contribution is 7.98. The van der Waals surface area contributed by atoms with Gasteiger partial charge in [0.05, 0.1) is 5.88 Å². The average molecular weight is 254 g/mol. The van der Waals surface area contributed by atoms with Crippen LogP contribution < -0.4 is 11.1 Å². The fourth-order valence-electron chi connectivity index (χ4n) is 1.18. The van der Waals surface area contributed by atoms with E-state index in [0.29, 0.717) is 5.88 Å². The number of nitrogens with one attached hydrogen (secondary N) is 1. The zero-order valence-corrected chi connectivity index (χ0v) is 9.81. The number of H-pyrrole nitrogens is 1. The van der Waals surface area contributed by atoms with Gasteiger partial charge >= 0.3 is 0 Å². The fourth-order valence-corrected chi connectivity index (χ4v) is 1.87. The molecule has 2 aliphatic rings. The van der Waals surface area contributed by atoms with Crippen molar-refractivity contribution >= 4 is 23.5 Å². The van der Waals surface area contributed by atoms with Crippen LogP contribution in [0.3, 0.4) is 0 Å². The summed E-state index contributed by atoms with van der Waals surface area (Å²) in [7, 11) is 0. The summed E-state index contributed by atoms with van der Waals surface area (Å²) >= 11 is 2.37. The van der Waals surface area contributed by atoms with E-state index in [4.69, 9.17) is 9.68 Å². The third kappa shape index (κ3) is 1.75. The first-order valence-electron chi connectivity index (χ1n) is 4.18. The van der Waals surface area contributed by atoms with Crippen molar-refractivity contribution in [1.29, 1.82) is 5.26 Å². The molecule has 0 atom stereocenters. The summed E-state index contributed by atoms with van der Waals surface area (Å²) in [4.78, 5) is 15.6. The molecule has 16 heavy (non-hydrogen) atoms. The van der Waals surface area contributed by atoms with Crippen molar-refractivity contribution in [2.75, 3.05) is 12.1 Å². The third-order valence-electron chi connectivity index (χ3n) is 1.81. The Hall–Kier alpha value is -1.59. The second-order valence-corrected chi connectivity index (χ2v) is 4.17. The quantitative estimate of drug-likeness (QED) is 0.847. The van der Waals surface area contributed by atoms with Crippen LogP contribution in [0.1, 0.15) is 5.56 Å². The summed E-state index contributed by atoms with van der Waals surface area (Å²) in [5.74, 6) is 0.626. The van der Waals surface area contributed by atoms with E-state index in [-0.39, 0.29) is 28.1 Å². The number of nitrogens with zero attached hydrogens (tertiary/aromatic N) is 3. The minimum Gasteiger partial charge on any atom is -0.418 e. The number of aromatic nitrogens is 2. The van der Waals surface area contributed by atoms with E-state index < -0.39 is 0 Å². The average Bonchev–Trinajstić information content (AvgIpc) is 2.65. The molecule has 1 N–H and O–H groups in total. The molecule has 0 fully saturated rings. The number of furan rings is 1. The van der Waals surface area contributed by atoms with Crippen LogP contribution in [-0.4, -0.2) is 20.9 Å². The van der Waals surface area contributed by atoms with Gasteiger partial charge in [0.1, 0.15) is 17.2 Å². The monoisotopic (exact) mass is 254 g/mol. The van der Waals surface area contributed by atoms with Gasteiger partial charge in [0.25, 0.3) is 5.56 Å². The van der Waals surface area contributed by atoms with E-state index in [1.807, 2.05) is 12.3 Å². The molecule has 0 aromatic carbocycles. The maximum absolute atomic E-state index is 11.5. The van der Waals surface area contributed by atoms with Gasteiger partial charge in [0.2, 0.25) is 11.4 Å². The van der Waals surface area contributed by atoms with Crippen molar-refractivity contribution in [3.63, 3.8) is 0 Å². The van der Waals surface area contributed by atoms with Crippen LogP contribution in [0.5, 0.6) is 0 Å². The second-order valence-electron chi connectivity index (χ2n) is 2.76. The molecule has 0 unspecified atom stereocenters. The summed E-state index contributed by atoms with van der Waals surface area (Å²) in [6, 6.07) is 1.92. The summed E-state index contributed by atoms with van der Waals surface area (Å²) in [6.07, 6.45) is 1.88. The molecule has 0 saturated heterocycles. The lowest BCUT2D eigenvalue weighted by molar-refractivity contribution is 0.514. The highest BCUT2D eigenvalue weighted by atomic mass is 32.2. The lowest BCUT2D eigenvalue weighted by Gasteiger charge is -1.88. The van der Waals surface area contributed by atoms with Crippen LogP contribution in [0.2, 0.25) is 0 Å². The van der Waals surface area contributed by atoms with Gasteiger partial charge in [-0.25, -0.2) is 4.99 Å². The Kier molecular flexibility index (Phi) is 3.07. The molecule has 8 heteroatoms. The van der Waals surface area contributed by atoms with Gasteiger partial charge < -0.3 is 4.42 Å². The van der Waals surface area contributed by atoms with Gasteiger partial charge in [0, 0.05) is 11.7 Å². The van der Waals surface area contributed by atoms with E-state index in [0.717, 1.165) is 11.7 Å². The molecule has 0 aromatic heterocycles. The van der Waals surface area contributed by atoms with Gasteiger partial charge in [-0.1, -0.05) is 0 Å². The number of aromatic amines is 1. The number of nitriles is 1. The Bertz CT molecular complexity index is 633. The molecule has 2 aliphatic heterocycles. The minimum atomic E-state index is -0.374. The lowest BCUT2D eigenvalue weighted by Crippen LogP contribution is -2.10. The highest BCUT2D eigenvalue weighted by Crippen LogP contribution is 2.17. The van der Waals surface area contributed by atoms with Crippen molar-refractivity contribution in [2.24, 2.45) is 4.99 Å². The van der Waals surface area contributed by atoms with Crippen LogP contribution >= 0.6 is 23.5 Å². The molecule has 2 rings (SSSR count). The standard InChI is InChI=1S/C8H6N4O2S2/c1-15-3-10-7-4(2-9)5-6(13)11-16-12-8(5)14-7/h3H2,1H3,(H,11,13)/b10-7+. The zero-order valence-electron chi connectivity index (χ0n) is 8.18. The molecule has 0 bridgehead atoms. The van der Waals surface area contributed by atoms with E-state index in [1.165, 1.54) is 11.8 Å². The van der Waals surface area contributed by atoms with E-state index in [1.54, 1.807) is 0 Å². The van der Waals surface area contributed by atoms with Crippen molar-refractivity contribution in [3.05, 3.63) is 21.5 Å². The molecule has 82 valence electrons. The lowest BCUT2D eigenvalue weighted by atomic mass is 10.2. The first-order valence-corrected chi connectivity index (χ1v) is 6.35. The summed E-state index contributed by atoms with van der Waals surface area (Å²) in [6.45, 7) is 0. The molecule has 0 aromatic rings. The topological polar surface area (TPSA) is 95.0 Å². The number of rotatable bonds is 2. The summed E-state index contributed by atoms with van der Waals surface area (Å²) in [5.41, 5.74) is 0.107. The molecular weight excluding hydrogens is 248 g/mol. The highest BCUT2D eigenvalue weighted by Gasteiger charge is 2.21. The molecule has 0 amide bonds. The summed E-state index contributed by atoms with van der Waals surface area (Å²) in [5, 5.41) is 8.98. The predicted octanol–water partition coefficient (Wildman–Crippen LogP) is 0.622. The Balaban J connectivity index is 2.78. The van der Waals surface area contributed by atoms with Gasteiger partial charge in [-0.3, -0.25) is 9.17 Å². The van der Waals surface area contributed by atoms with Crippen LogP contribution in [0.25, 0.3) is 11.5 Å². The van der Waals surface area contributed by atoms with E-state index in [2.05, 4.69) is 13.7 Å². The smallest absolute Gasteiger partial charge is 0.272 e. The van der Waals surface area contributed by atoms with Crippen LogP contribution in [0.4, 0.5) is 0 Å². The molecule has 0 radical (unpaired) electrons. The van der Waals surface area contributed by atoms with Gasteiger partial charge in [-0.15, -0.1) is 16.1 Å². The third-order valence-corrected chi connectivity index (χ3v) is 2.74. The first kappa shape index (κ1) is 10.9. The maximum atomic E-state index is 11.5. The number of hydrogen-bond donors (Lipinski definition) is 1. The fraction of sp³-hybridized carbons (Fsp3) is 0.250. The number of thioether (sulfide) groups is 1. The normalized spacial score (nSPS) is 11.9. The summed E-state index contributed by atoms with van der Waals surface area (Å²) < 4.78 is 11.6. The van der Waals surface area contributed by atoms with Gasteiger partial charge in [-0.2, -0.15) is 5.26 Å². The van der Waals surface area contributed by atoms with E-state index >= 15 is 0 Å².